The normalized spacial score (nSPS) is 15.3. The molecule has 3 rings (SSSR count). The molecule has 1 fully saturated rings. The molecule has 1 aromatic heterocycles. The standard InChI is InChI=1S/C18H19N3OS/c19-12-14-8-10-21(11-9-14)18(22)7-6-17-20-16(13-23-17)15-4-2-1-3-5-15/h1-5,13-14H,6-11H2. The van der Waals surface area contributed by atoms with Gasteiger partial charge in [-0.1, -0.05) is 30.3 Å². The van der Waals surface area contributed by atoms with Gasteiger partial charge in [-0.2, -0.15) is 5.26 Å². The van der Waals surface area contributed by atoms with Crippen molar-refractivity contribution in [1.29, 1.82) is 5.26 Å². The number of aromatic nitrogens is 1. The summed E-state index contributed by atoms with van der Waals surface area (Å²) in [5, 5.41) is 12.0. The molecule has 118 valence electrons. The van der Waals surface area contributed by atoms with Crippen LogP contribution >= 0.6 is 11.3 Å². The number of carbonyl (C=O) groups excluding carboxylic acids is 1. The van der Waals surface area contributed by atoms with E-state index in [4.69, 9.17) is 5.26 Å². The molecule has 23 heavy (non-hydrogen) atoms. The maximum absolute atomic E-state index is 12.3. The topological polar surface area (TPSA) is 57.0 Å². The van der Waals surface area contributed by atoms with Gasteiger partial charge in [-0.25, -0.2) is 4.98 Å². The van der Waals surface area contributed by atoms with Gasteiger partial charge < -0.3 is 4.90 Å². The summed E-state index contributed by atoms with van der Waals surface area (Å²) in [5.74, 6) is 0.296. The maximum Gasteiger partial charge on any atom is 0.222 e. The van der Waals surface area contributed by atoms with E-state index >= 15 is 0 Å². The van der Waals surface area contributed by atoms with E-state index < -0.39 is 0 Å². The van der Waals surface area contributed by atoms with Gasteiger partial charge in [0.15, 0.2) is 0 Å². The fourth-order valence-corrected chi connectivity index (χ4v) is 3.60. The van der Waals surface area contributed by atoms with Crippen molar-refractivity contribution < 1.29 is 4.79 Å². The number of nitriles is 1. The summed E-state index contributed by atoms with van der Waals surface area (Å²) in [6.45, 7) is 1.42. The van der Waals surface area contributed by atoms with Crippen LogP contribution in [0.4, 0.5) is 0 Å². The van der Waals surface area contributed by atoms with Crippen molar-refractivity contribution in [2.75, 3.05) is 13.1 Å². The molecule has 0 saturated carbocycles. The molecule has 2 aromatic rings. The molecule has 0 aliphatic carbocycles. The van der Waals surface area contributed by atoms with E-state index in [9.17, 15) is 4.79 Å². The van der Waals surface area contributed by atoms with Crippen LogP contribution in [0.25, 0.3) is 11.3 Å². The highest BCUT2D eigenvalue weighted by Gasteiger charge is 2.22. The van der Waals surface area contributed by atoms with E-state index in [2.05, 4.69) is 11.1 Å². The highest BCUT2D eigenvalue weighted by molar-refractivity contribution is 7.09. The molecule has 4 nitrogen and oxygen atoms in total. The number of thiazole rings is 1. The fourth-order valence-electron chi connectivity index (χ4n) is 2.80. The highest BCUT2D eigenvalue weighted by Crippen LogP contribution is 2.23. The van der Waals surface area contributed by atoms with Crippen molar-refractivity contribution in [3.8, 4) is 17.3 Å². The average Bonchev–Trinajstić information content (AvgIpc) is 3.09. The van der Waals surface area contributed by atoms with Crippen LogP contribution in [-0.2, 0) is 11.2 Å². The number of likely N-dealkylation sites (tertiary alicyclic amines) is 1. The van der Waals surface area contributed by atoms with Crippen molar-refractivity contribution in [1.82, 2.24) is 9.88 Å². The Kier molecular flexibility index (Phi) is 5.04. The van der Waals surface area contributed by atoms with Crippen molar-refractivity contribution in [3.63, 3.8) is 0 Å². The molecule has 2 heterocycles. The molecule has 1 aromatic carbocycles. The second kappa shape index (κ2) is 7.38. The van der Waals surface area contributed by atoms with E-state index in [0.29, 0.717) is 25.9 Å². The lowest BCUT2D eigenvalue weighted by Crippen LogP contribution is -2.38. The minimum absolute atomic E-state index is 0.117. The summed E-state index contributed by atoms with van der Waals surface area (Å²) in [6, 6.07) is 12.4. The van der Waals surface area contributed by atoms with Crippen LogP contribution in [0.2, 0.25) is 0 Å². The van der Waals surface area contributed by atoms with Gasteiger partial charge in [0, 0.05) is 42.8 Å². The Hall–Kier alpha value is -2.19. The maximum atomic E-state index is 12.3. The second-order valence-corrected chi connectivity index (χ2v) is 6.72. The predicted molar refractivity (Wildman–Crippen MR) is 90.8 cm³/mol. The Bertz CT molecular complexity index is 697. The zero-order chi connectivity index (χ0) is 16.1. The Balaban J connectivity index is 1.52. The third-order valence-electron chi connectivity index (χ3n) is 4.20. The number of benzene rings is 1. The van der Waals surface area contributed by atoms with Crippen LogP contribution in [0.3, 0.4) is 0 Å². The van der Waals surface area contributed by atoms with E-state index in [1.54, 1.807) is 11.3 Å². The molecule has 0 N–H and O–H groups in total. The molecule has 0 spiro atoms. The van der Waals surface area contributed by atoms with Gasteiger partial charge >= 0.3 is 0 Å². The molecular formula is C18H19N3OS. The van der Waals surface area contributed by atoms with Crippen LogP contribution in [0.15, 0.2) is 35.7 Å². The summed E-state index contributed by atoms with van der Waals surface area (Å²) < 4.78 is 0. The van der Waals surface area contributed by atoms with E-state index in [1.165, 1.54) is 0 Å². The van der Waals surface area contributed by atoms with Crippen LogP contribution in [0.1, 0.15) is 24.3 Å². The van der Waals surface area contributed by atoms with Crippen LogP contribution < -0.4 is 0 Å². The van der Waals surface area contributed by atoms with Gasteiger partial charge in [0.2, 0.25) is 5.91 Å². The van der Waals surface area contributed by atoms with Crippen molar-refractivity contribution in [3.05, 3.63) is 40.7 Å². The first-order valence-electron chi connectivity index (χ1n) is 7.93. The number of rotatable bonds is 4. The van der Waals surface area contributed by atoms with Crippen LogP contribution in [0, 0.1) is 17.2 Å². The summed E-state index contributed by atoms with van der Waals surface area (Å²) in [4.78, 5) is 18.8. The molecular weight excluding hydrogens is 306 g/mol. The lowest BCUT2D eigenvalue weighted by atomic mass is 9.98. The molecule has 1 saturated heterocycles. The summed E-state index contributed by atoms with van der Waals surface area (Å²) in [5.41, 5.74) is 2.09. The highest BCUT2D eigenvalue weighted by atomic mass is 32.1. The Morgan fingerprint density at radius 3 is 2.74 bits per heavy atom. The number of amides is 1. The third kappa shape index (κ3) is 3.96. The zero-order valence-electron chi connectivity index (χ0n) is 12.9. The van der Waals surface area contributed by atoms with Crippen molar-refractivity contribution in [2.24, 2.45) is 5.92 Å². The van der Waals surface area contributed by atoms with E-state index in [0.717, 1.165) is 29.1 Å². The van der Waals surface area contributed by atoms with Gasteiger partial charge in [-0.05, 0) is 12.8 Å². The number of nitrogens with zero attached hydrogens (tertiary/aromatic N) is 3. The quantitative estimate of drug-likeness (QED) is 0.864. The minimum Gasteiger partial charge on any atom is -0.343 e. The Morgan fingerprint density at radius 2 is 2.04 bits per heavy atom. The van der Waals surface area contributed by atoms with Gasteiger partial charge in [0.25, 0.3) is 0 Å². The molecule has 1 amide bonds. The van der Waals surface area contributed by atoms with Gasteiger partial charge in [-0.3, -0.25) is 4.79 Å². The molecule has 0 radical (unpaired) electrons. The molecule has 5 heteroatoms. The second-order valence-electron chi connectivity index (χ2n) is 5.78. The summed E-state index contributed by atoms with van der Waals surface area (Å²) in [6.07, 6.45) is 2.79. The third-order valence-corrected chi connectivity index (χ3v) is 5.11. The zero-order valence-corrected chi connectivity index (χ0v) is 13.8. The lowest BCUT2D eigenvalue weighted by molar-refractivity contribution is -0.132. The van der Waals surface area contributed by atoms with Gasteiger partial charge in [0.1, 0.15) is 0 Å². The monoisotopic (exact) mass is 325 g/mol. The van der Waals surface area contributed by atoms with Gasteiger partial charge in [0.05, 0.1) is 16.8 Å². The molecule has 0 bridgehead atoms. The minimum atomic E-state index is 0.117. The predicted octanol–water partition coefficient (Wildman–Crippen LogP) is 3.50. The van der Waals surface area contributed by atoms with Gasteiger partial charge in [-0.15, -0.1) is 11.3 Å². The first kappa shape index (κ1) is 15.7. The van der Waals surface area contributed by atoms with Crippen molar-refractivity contribution >= 4 is 17.2 Å². The van der Waals surface area contributed by atoms with Crippen molar-refractivity contribution in [2.45, 2.75) is 25.7 Å². The first-order chi connectivity index (χ1) is 11.3. The molecule has 1 aliphatic heterocycles. The van der Waals surface area contributed by atoms with Crippen LogP contribution in [0.5, 0.6) is 0 Å². The smallest absolute Gasteiger partial charge is 0.222 e. The number of carbonyl (C=O) groups is 1. The Labute approximate surface area is 140 Å². The summed E-state index contributed by atoms with van der Waals surface area (Å²) >= 11 is 1.61. The number of aryl methyl sites for hydroxylation is 1. The molecule has 0 atom stereocenters. The average molecular weight is 325 g/mol. The SMILES string of the molecule is N#CC1CCN(C(=O)CCc2nc(-c3ccccc3)cs2)CC1. The Morgan fingerprint density at radius 1 is 1.30 bits per heavy atom. The van der Waals surface area contributed by atoms with E-state index in [-0.39, 0.29) is 11.8 Å². The molecule has 1 aliphatic rings. The van der Waals surface area contributed by atoms with E-state index in [1.807, 2.05) is 40.6 Å². The molecule has 0 unspecified atom stereocenters. The largest absolute Gasteiger partial charge is 0.343 e. The number of piperidine rings is 1. The number of hydrogen-bond acceptors (Lipinski definition) is 4. The fraction of sp³-hybridized carbons (Fsp3) is 0.389. The summed E-state index contributed by atoms with van der Waals surface area (Å²) in [7, 11) is 0. The van der Waals surface area contributed by atoms with Crippen LogP contribution in [-0.4, -0.2) is 28.9 Å². The lowest BCUT2D eigenvalue weighted by Gasteiger charge is -2.29. The number of hydrogen-bond donors (Lipinski definition) is 0. The first-order valence-corrected chi connectivity index (χ1v) is 8.81.